The van der Waals surface area contributed by atoms with Gasteiger partial charge in [0.15, 0.2) is 5.78 Å². The lowest BCUT2D eigenvalue weighted by Gasteiger charge is -2.33. The maximum absolute atomic E-state index is 13.1. The lowest BCUT2D eigenvalue weighted by atomic mass is 9.98. The number of H-pyrrole nitrogens is 1. The third kappa shape index (κ3) is 4.26. The minimum Gasteiger partial charge on any atom is -0.360 e. The number of nitrogens with zero attached hydrogens (tertiary/aromatic N) is 2. The molecule has 1 atom stereocenters. The van der Waals surface area contributed by atoms with Crippen LogP contribution in [-0.4, -0.2) is 42.8 Å². The molecule has 1 heterocycles. The number of aryl methyl sites for hydroxylation is 1. The van der Waals surface area contributed by atoms with Crippen LogP contribution in [-0.2, 0) is 6.54 Å². The Balaban J connectivity index is 2.07. The summed E-state index contributed by atoms with van der Waals surface area (Å²) in [6.07, 6.45) is 1.84. The van der Waals surface area contributed by atoms with E-state index in [1.165, 1.54) is 0 Å². The molecule has 5 nitrogen and oxygen atoms in total. The third-order valence-corrected chi connectivity index (χ3v) is 5.35. The second kappa shape index (κ2) is 8.23. The van der Waals surface area contributed by atoms with Crippen LogP contribution < -0.4 is 4.48 Å². The number of benzene rings is 2. The molecule has 0 aliphatic heterocycles. The largest absolute Gasteiger partial charge is 0.423 e. The summed E-state index contributed by atoms with van der Waals surface area (Å²) >= 11 is 5.95. The molecular weight excluding hydrogens is 386 g/mol. The monoisotopic (exact) mass is 410 g/mol. The van der Waals surface area contributed by atoms with Crippen LogP contribution in [0.4, 0.5) is 10.5 Å². The number of ketones is 1. The van der Waals surface area contributed by atoms with Crippen molar-refractivity contribution in [2.45, 2.75) is 13.5 Å². The maximum Gasteiger partial charge on any atom is 0.423 e. The number of carbonyl (C=O) groups excluding carboxylic acids is 2. The number of urea groups is 1. The van der Waals surface area contributed by atoms with E-state index >= 15 is 0 Å². The van der Waals surface area contributed by atoms with Gasteiger partial charge in [-0.2, -0.15) is 0 Å². The summed E-state index contributed by atoms with van der Waals surface area (Å²) in [5.74, 6) is -0.0928. The second-order valence-corrected chi connectivity index (χ2v) is 7.99. The fraction of sp³-hybridized carbons (Fsp3) is 0.217. The molecule has 0 spiro atoms. The van der Waals surface area contributed by atoms with Crippen molar-refractivity contribution >= 4 is 29.1 Å². The molecule has 0 bridgehead atoms. The Morgan fingerprint density at radius 2 is 1.76 bits per heavy atom. The average Bonchev–Trinajstić information content (AvgIpc) is 3.20. The van der Waals surface area contributed by atoms with Gasteiger partial charge >= 0.3 is 6.03 Å². The molecular formula is C23H25ClN3O2+. The molecule has 0 aliphatic rings. The SMILES string of the molecule is Cc1ccc([N+](C)(Cc2ccc[nH]2)C(=O)N(C)C)cc1C(=O)c1ccc(Cl)cc1. The number of nitrogens with one attached hydrogen (secondary N) is 1. The lowest BCUT2D eigenvalue weighted by Crippen LogP contribution is -2.54. The Morgan fingerprint density at radius 3 is 2.34 bits per heavy atom. The standard InChI is InChI=1S/C23H25ClN3O2/c1-16-7-12-20(14-21(16)22(28)17-8-10-18(24)11-9-17)27(4,23(29)26(2)3)15-19-6-5-13-25-19/h5-14,25H,15H2,1-4H3/q+1. The number of amides is 2. The van der Waals surface area contributed by atoms with E-state index in [0.717, 1.165) is 16.9 Å². The Hall–Kier alpha value is -2.89. The maximum atomic E-state index is 13.1. The summed E-state index contributed by atoms with van der Waals surface area (Å²) in [4.78, 5) is 31.0. The van der Waals surface area contributed by atoms with E-state index < -0.39 is 0 Å². The van der Waals surface area contributed by atoms with E-state index in [1.54, 1.807) is 43.3 Å². The fourth-order valence-corrected chi connectivity index (χ4v) is 3.56. The number of quaternary nitrogens is 1. The summed E-state index contributed by atoms with van der Waals surface area (Å²) in [6.45, 7) is 2.34. The highest BCUT2D eigenvalue weighted by molar-refractivity contribution is 6.30. The summed E-state index contributed by atoms with van der Waals surface area (Å²) in [7, 11) is 5.34. The van der Waals surface area contributed by atoms with Crippen LogP contribution in [0.15, 0.2) is 60.8 Å². The lowest BCUT2D eigenvalue weighted by molar-refractivity contribution is 0.103. The molecule has 0 saturated heterocycles. The molecule has 2 aromatic carbocycles. The number of carbonyl (C=O) groups is 2. The van der Waals surface area contributed by atoms with Crippen molar-refractivity contribution in [3.05, 3.63) is 88.2 Å². The van der Waals surface area contributed by atoms with Crippen LogP contribution in [0.1, 0.15) is 27.2 Å². The number of aromatic amines is 1. The molecule has 0 fully saturated rings. The summed E-state index contributed by atoms with van der Waals surface area (Å²) in [6, 6.07) is 16.3. The zero-order valence-electron chi connectivity index (χ0n) is 17.1. The molecule has 3 aromatic rings. The average molecular weight is 411 g/mol. The molecule has 0 radical (unpaired) electrons. The zero-order valence-corrected chi connectivity index (χ0v) is 17.8. The normalized spacial score (nSPS) is 13.0. The molecule has 1 aromatic heterocycles. The van der Waals surface area contributed by atoms with Gasteiger partial charge in [0.25, 0.3) is 0 Å². The smallest absolute Gasteiger partial charge is 0.360 e. The minimum atomic E-state index is -0.0928. The van der Waals surface area contributed by atoms with Crippen LogP contribution in [0.5, 0.6) is 0 Å². The molecule has 2 amide bonds. The van der Waals surface area contributed by atoms with Crippen molar-refractivity contribution in [3.63, 3.8) is 0 Å². The van der Waals surface area contributed by atoms with Crippen LogP contribution >= 0.6 is 11.6 Å². The number of rotatable bonds is 5. The first-order valence-electron chi connectivity index (χ1n) is 9.33. The first kappa shape index (κ1) is 20.8. The van der Waals surface area contributed by atoms with Crippen molar-refractivity contribution < 1.29 is 9.59 Å². The van der Waals surface area contributed by atoms with Crippen molar-refractivity contribution in [3.8, 4) is 0 Å². The number of hydrogen-bond acceptors (Lipinski definition) is 2. The van der Waals surface area contributed by atoms with E-state index in [2.05, 4.69) is 4.98 Å². The minimum absolute atomic E-state index is 0.00862. The second-order valence-electron chi connectivity index (χ2n) is 7.56. The van der Waals surface area contributed by atoms with Crippen LogP contribution in [0, 0.1) is 6.92 Å². The Kier molecular flexibility index (Phi) is 5.91. The molecule has 0 saturated carbocycles. The highest BCUT2D eigenvalue weighted by atomic mass is 35.5. The van der Waals surface area contributed by atoms with Gasteiger partial charge in [-0.15, -0.1) is 0 Å². The van der Waals surface area contributed by atoms with Gasteiger partial charge in [-0.05, 0) is 48.9 Å². The van der Waals surface area contributed by atoms with E-state index in [-0.39, 0.29) is 16.3 Å². The quantitative estimate of drug-likeness (QED) is 0.474. The van der Waals surface area contributed by atoms with Gasteiger partial charge in [0.05, 0.1) is 12.7 Å². The highest BCUT2D eigenvalue weighted by Gasteiger charge is 2.37. The molecule has 1 N–H and O–H groups in total. The summed E-state index contributed by atoms with van der Waals surface area (Å²) in [5.41, 5.74) is 3.69. The molecule has 29 heavy (non-hydrogen) atoms. The van der Waals surface area contributed by atoms with Gasteiger partial charge in [-0.1, -0.05) is 17.7 Å². The van der Waals surface area contributed by atoms with Crippen molar-refractivity contribution in [1.82, 2.24) is 14.4 Å². The van der Waals surface area contributed by atoms with Crippen LogP contribution in [0.2, 0.25) is 5.02 Å². The first-order chi connectivity index (χ1) is 13.7. The van der Waals surface area contributed by atoms with Gasteiger partial charge in [0.1, 0.15) is 12.2 Å². The van der Waals surface area contributed by atoms with Crippen molar-refractivity contribution in [2.75, 3.05) is 21.1 Å². The number of aromatic nitrogens is 1. The molecule has 3 rings (SSSR count). The molecule has 0 aliphatic carbocycles. The summed E-state index contributed by atoms with van der Waals surface area (Å²) < 4.78 is 0.00862. The third-order valence-electron chi connectivity index (χ3n) is 5.10. The molecule has 6 heteroatoms. The Morgan fingerprint density at radius 1 is 1.07 bits per heavy atom. The van der Waals surface area contributed by atoms with Gasteiger partial charge < -0.3 is 4.98 Å². The number of halogens is 1. The fourth-order valence-electron chi connectivity index (χ4n) is 3.44. The predicted molar refractivity (Wildman–Crippen MR) is 117 cm³/mol. The Labute approximate surface area is 176 Å². The summed E-state index contributed by atoms with van der Waals surface area (Å²) in [5, 5.41) is 0.582. The highest BCUT2D eigenvalue weighted by Crippen LogP contribution is 2.29. The number of hydrogen-bond donors (Lipinski definition) is 1. The van der Waals surface area contributed by atoms with E-state index in [4.69, 9.17) is 11.6 Å². The van der Waals surface area contributed by atoms with Gasteiger partial charge in [0, 0.05) is 48.6 Å². The molecule has 150 valence electrons. The zero-order chi connectivity index (χ0) is 21.2. The van der Waals surface area contributed by atoms with E-state index in [1.807, 2.05) is 50.5 Å². The van der Waals surface area contributed by atoms with Gasteiger partial charge in [0.2, 0.25) is 0 Å². The van der Waals surface area contributed by atoms with E-state index in [0.29, 0.717) is 22.7 Å². The predicted octanol–water partition coefficient (Wildman–Crippen LogP) is 5.03. The van der Waals surface area contributed by atoms with Crippen LogP contribution in [0.3, 0.4) is 0 Å². The van der Waals surface area contributed by atoms with Gasteiger partial charge in [-0.25, -0.2) is 9.28 Å². The topological polar surface area (TPSA) is 53.2 Å². The van der Waals surface area contributed by atoms with E-state index in [9.17, 15) is 9.59 Å². The van der Waals surface area contributed by atoms with Crippen molar-refractivity contribution in [1.29, 1.82) is 0 Å². The van der Waals surface area contributed by atoms with Gasteiger partial charge in [-0.3, -0.25) is 9.69 Å². The first-order valence-corrected chi connectivity index (χ1v) is 9.71. The van der Waals surface area contributed by atoms with Crippen molar-refractivity contribution in [2.24, 2.45) is 0 Å². The Bertz CT molecular complexity index is 1030. The van der Waals surface area contributed by atoms with Crippen LogP contribution in [0.25, 0.3) is 0 Å². The molecule has 1 unspecified atom stereocenters.